The first-order chi connectivity index (χ1) is 17.2. The van der Waals surface area contributed by atoms with E-state index in [1.165, 1.54) is 10.6 Å². The number of carbonyl (C=O) groups is 1. The number of hydrogen-bond donors (Lipinski definition) is 1. The minimum Gasteiger partial charge on any atom is -0.324 e. The van der Waals surface area contributed by atoms with Gasteiger partial charge in [-0.2, -0.15) is 4.31 Å². The summed E-state index contributed by atoms with van der Waals surface area (Å²) in [6.45, 7) is 4.77. The van der Waals surface area contributed by atoms with Crippen LogP contribution in [0, 0.1) is 6.92 Å². The van der Waals surface area contributed by atoms with E-state index in [0.29, 0.717) is 65.7 Å². The van der Waals surface area contributed by atoms with Gasteiger partial charge in [-0.15, -0.1) is 0 Å². The molecule has 1 fully saturated rings. The lowest BCUT2D eigenvalue weighted by atomic mass is 9.88. The molecule has 1 unspecified atom stereocenters. The van der Waals surface area contributed by atoms with Crippen LogP contribution in [0.2, 0.25) is 0 Å². The molecule has 1 spiro atoms. The normalized spacial score (nSPS) is 19.8. The van der Waals surface area contributed by atoms with E-state index in [0.717, 1.165) is 17.4 Å². The molecule has 0 saturated carbocycles. The van der Waals surface area contributed by atoms with E-state index < -0.39 is 15.6 Å². The highest BCUT2D eigenvalue weighted by Gasteiger charge is 2.57. The lowest BCUT2D eigenvalue weighted by Crippen LogP contribution is -2.49. The zero-order chi connectivity index (χ0) is 25.2. The number of aryl methyl sites for hydroxylation is 2. The molecule has 1 saturated heterocycles. The van der Waals surface area contributed by atoms with Crippen LogP contribution in [-0.4, -0.2) is 60.9 Å². The van der Waals surface area contributed by atoms with Gasteiger partial charge < -0.3 is 9.88 Å². The molecule has 1 N–H and O–H groups in total. The van der Waals surface area contributed by atoms with Crippen molar-refractivity contribution in [2.24, 2.45) is 0 Å². The van der Waals surface area contributed by atoms with Crippen molar-refractivity contribution in [2.45, 2.75) is 38.8 Å². The van der Waals surface area contributed by atoms with Crippen LogP contribution in [0.25, 0.3) is 33.8 Å². The number of rotatable bonds is 4. The van der Waals surface area contributed by atoms with Crippen molar-refractivity contribution in [3.05, 3.63) is 48.3 Å². The first-order valence-electron chi connectivity index (χ1n) is 11.7. The number of anilines is 1. The molecule has 0 radical (unpaired) electrons. The SMILES string of the molecule is CCn1c(-c2cnc(C)nc2)nc2c(-c3ccc4c(c3)C3(CCCN3S(C)(=O)=O)C(=O)N4)ncnc21. The molecule has 36 heavy (non-hydrogen) atoms. The highest BCUT2D eigenvalue weighted by atomic mass is 32.2. The van der Waals surface area contributed by atoms with Crippen LogP contribution in [0.15, 0.2) is 36.9 Å². The van der Waals surface area contributed by atoms with Gasteiger partial charge in [-0.05, 0) is 38.8 Å². The van der Waals surface area contributed by atoms with E-state index in [2.05, 4.69) is 25.3 Å². The highest BCUT2D eigenvalue weighted by molar-refractivity contribution is 7.88. The molecule has 1 amide bonds. The molecule has 0 aliphatic carbocycles. The number of carbonyl (C=O) groups excluding carboxylic acids is 1. The Morgan fingerprint density at radius 1 is 1.11 bits per heavy atom. The molecular formula is C24H24N8O3S. The first-order valence-corrected chi connectivity index (χ1v) is 13.5. The maximum Gasteiger partial charge on any atom is 0.250 e. The second-order valence-corrected chi connectivity index (χ2v) is 11.0. The van der Waals surface area contributed by atoms with Gasteiger partial charge in [-0.3, -0.25) is 4.79 Å². The van der Waals surface area contributed by atoms with E-state index in [-0.39, 0.29) is 5.91 Å². The molecule has 2 aliphatic heterocycles. The summed E-state index contributed by atoms with van der Waals surface area (Å²) in [6.07, 6.45) is 7.13. The quantitative estimate of drug-likeness (QED) is 0.448. The van der Waals surface area contributed by atoms with Crippen LogP contribution < -0.4 is 5.32 Å². The predicted octanol–water partition coefficient (Wildman–Crippen LogP) is 2.48. The molecule has 0 bridgehead atoms. The van der Waals surface area contributed by atoms with Gasteiger partial charge in [-0.1, -0.05) is 6.07 Å². The van der Waals surface area contributed by atoms with Crippen LogP contribution in [-0.2, 0) is 26.9 Å². The van der Waals surface area contributed by atoms with Crippen molar-refractivity contribution < 1.29 is 13.2 Å². The summed E-state index contributed by atoms with van der Waals surface area (Å²) >= 11 is 0. The summed E-state index contributed by atoms with van der Waals surface area (Å²) in [5.74, 6) is 1.04. The summed E-state index contributed by atoms with van der Waals surface area (Å²) in [4.78, 5) is 35.7. The number of nitrogens with one attached hydrogen (secondary N) is 1. The molecule has 184 valence electrons. The van der Waals surface area contributed by atoms with Crippen molar-refractivity contribution in [3.8, 4) is 22.6 Å². The summed E-state index contributed by atoms with van der Waals surface area (Å²) in [7, 11) is -3.60. The Balaban J connectivity index is 1.54. The second kappa shape index (κ2) is 7.87. The number of benzene rings is 1. The molecule has 5 heterocycles. The third-order valence-electron chi connectivity index (χ3n) is 6.98. The van der Waals surface area contributed by atoms with E-state index in [1.807, 2.05) is 30.5 Å². The van der Waals surface area contributed by atoms with Gasteiger partial charge in [0.1, 0.15) is 34.7 Å². The standard InChI is InChI=1S/C24H24N8O3S/c1-4-31-21(16-11-25-14(2)26-12-16)30-20-19(27-13-28-22(20)31)15-6-7-18-17(10-15)24(23(33)29-18)8-5-9-32(24)36(3,34)35/h6-7,10-13H,4-5,8-9H2,1-3H3,(H,29,33). The Morgan fingerprint density at radius 2 is 1.89 bits per heavy atom. The zero-order valence-corrected chi connectivity index (χ0v) is 20.9. The van der Waals surface area contributed by atoms with Gasteiger partial charge in [0, 0.05) is 42.3 Å². The zero-order valence-electron chi connectivity index (χ0n) is 20.1. The van der Waals surface area contributed by atoms with E-state index >= 15 is 0 Å². The number of nitrogens with zero attached hydrogens (tertiary/aromatic N) is 7. The fourth-order valence-electron chi connectivity index (χ4n) is 5.41. The van der Waals surface area contributed by atoms with Crippen LogP contribution in [0.1, 0.15) is 31.2 Å². The molecule has 11 nitrogen and oxygen atoms in total. The fourth-order valence-corrected chi connectivity index (χ4v) is 6.70. The van der Waals surface area contributed by atoms with Crippen LogP contribution >= 0.6 is 0 Å². The summed E-state index contributed by atoms with van der Waals surface area (Å²) in [5.41, 5.74) is 3.37. The summed E-state index contributed by atoms with van der Waals surface area (Å²) in [5, 5.41) is 2.89. The third-order valence-corrected chi connectivity index (χ3v) is 8.27. The Labute approximate surface area is 207 Å². The second-order valence-electron chi connectivity index (χ2n) is 9.11. The van der Waals surface area contributed by atoms with Gasteiger partial charge >= 0.3 is 0 Å². The molecule has 2 aliphatic rings. The smallest absolute Gasteiger partial charge is 0.250 e. The predicted molar refractivity (Wildman–Crippen MR) is 133 cm³/mol. The maximum atomic E-state index is 13.2. The van der Waals surface area contributed by atoms with E-state index in [4.69, 9.17) is 4.98 Å². The van der Waals surface area contributed by atoms with Crippen LogP contribution in [0.3, 0.4) is 0 Å². The van der Waals surface area contributed by atoms with Gasteiger partial charge in [0.05, 0.1) is 11.8 Å². The van der Waals surface area contributed by atoms with Crippen LogP contribution in [0.4, 0.5) is 5.69 Å². The fraction of sp³-hybridized carbons (Fsp3) is 0.333. The largest absolute Gasteiger partial charge is 0.324 e. The average Bonchev–Trinajstić information content (AvgIpc) is 3.54. The molecule has 12 heteroatoms. The Bertz CT molecular complexity index is 1650. The van der Waals surface area contributed by atoms with E-state index in [1.54, 1.807) is 18.5 Å². The summed E-state index contributed by atoms with van der Waals surface area (Å²) < 4.78 is 28.5. The lowest BCUT2D eigenvalue weighted by Gasteiger charge is -2.31. The topological polar surface area (TPSA) is 136 Å². The van der Waals surface area contributed by atoms with Crippen molar-refractivity contribution in [1.29, 1.82) is 0 Å². The number of aromatic nitrogens is 6. The molecule has 1 aromatic carbocycles. The maximum absolute atomic E-state index is 13.2. The van der Waals surface area contributed by atoms with Gasteiger partial charge in [0.15, 0.2) is 5.65 Å². The third kappa shape index (κ3) is 3.17. The number of fused-ring (bicyclic) bond motifs is 3. The average molecular weight is 505 g/mol. The van der Waals surface area contributed by atoms with Crippen molar-refractivity contribution in [3.63, 3.8) is 0 Å². The van der Waals surface area contributed by atoms with Gasteiger partial charge in [-0.25, -0.2) is 33.3 Å². The molecule has 1 atom stereocenters. The number of hydrogen-bond acceptors (Lipinski definition) is 8. The number of sulfonamides is 1. The van der Waals surface area contributed by atoms with Crippen molar-refractivity contribution in [1.82, 2.24) is 33.8 Å². The molecule has 6 rings (SSSR count). The Morgan fingerprint density at radius 3 is 2.61 bits per heavy atom. The Hall–Kier alpha value is -3.77. The number of imidazole rings is 1. The minimum absolute atomic E-state index is 0.302. The van der Waals surface area contributed by atoms with Gasteiger partial charge in [0.25, 0.3) is 5.91 Å². The molecule has 4 aromatic rings. The summed E-state index contributed by atoms with van der Waals surface area (Å²) in [6, 6.07) is 5.52. The molecule has 3 aromatic heterocycles. The lowest BCUT2D eigenvalue weighted by molar-refractivity contribution is -0.123. The van der Waals surface area contributed by atoms with Gasteiger partial charge in [0.2, 0.25) is 10.0 Å². The van der Waals surface area contributed by atoms with Crippen molar-refractivity contribution >= 4 is 32.8 Å². The number of amides is 1. The molecular weight excluding hydrogens is 480 g/mol. The Kier molecular flexibility index (Phi) is 4.96. The van der Waals surface area contributed by atoms with E-state index in [9.17, 15) is 13.2 Å². The first kappa shape index (κ1) is 22.7. The van der Waals surface area contributed by atoms with Crippen LogP contribution in [0.5, 0.6) is 0 Å². The monoisotopic (exact) mass is 504 g/mol. The highest BCUT2D eigenvalue weighted by Crippen LogP contribution is 2.49. The minimum atomic E-state index is -3.60. The van der Waals surface area contributed by atoms with Crippen molar-refractivity contribution in [2.75, 3.05) is 18.1 Å².